The molecule has 2 aromatic heterocycles. The molecule has 1 N–H and O–H groups in total. The number of amidine groups is 1. The predicted molar refractivity (Wildman–Crippen MR) is 178 cm³/mol. The summed E-state index contributed by atoms with van der Waals surface area (Å²) >= 11 is 1.82. The molecule has 0 fully saturated rings. The lowest BCUT2D eigenvalue weighted by Crippen LogP contribution is -2.35. The van der Waals surface area contributed by atoms with Crippen LogP contribution in [0.5, 0.6) is 0 Å². The zero-order valence-electron chi connectivity index (χ0n) is 22.5. The molecule has 0 saturated heterocycles. The van der Waals surface area contributed by atoms with Gasteiger partial charge in [0.05, 0.1) is 11.0 Å². The maximum absolute atomic E-state index is 5.30. The Morgan fingerprint density at radius 1 is 0.595 bits per heavy atom. The number of aromatic nitrogens is 1. The molecule has 0 saturated carbocycles. The minimum Gasteiger partial charge on any atom is -0.344 e. The first kappa shape index (κ1) is 23.4. The molecule has 198 valence electrons. The Morgan fingerprint density at radius 2 is 1.31 bits per heavy atom. The van der Waals surface area contributed by atoms with Crippen molar-refractivity contribution in [2.24, 2.45) is 9.98 Å². The Bertz CT molecular complexity index is 2390. The van der Waals surface area contributed by atoms with Crippen LogP contribution in [-0.2, 0) is 0 Å². The molecular formula is C37H24N4S. The summed E-state index contributed by atoms with van der Waals surface area (Å²) in [7, 11) is 0. The molecule has 5 heteroatoms. The van der Waals surface area contributed by atoms with Gasteiger partial charge in [0.15, 0.2) is 0 Å². The smallest absolute Gasteiger partial charge is 0.234 e. The van der Waals surface area contributed by atoms with E-state index in [0.29, 0.717) is 5.96 Å². The number of aliphatic imine (C=N–C) groups is 2. The van der Waals surface area contributed by atoms with Gasteiger partial charge in [-0.15, -0.1) is 11.3 Å². The van der Waals surface area contributed by atoms with Crippen molar-refractivity contribution in [3.05, 3.63) is 145 Å². The van der Waals surface area contributed by atoms with E-state index in [0.717, 1.165) is 28.0 Å². The molecule has 4 nitrogen and oxygen atoms in total. The van der Waals surface area contributed by atoms with Crippen LogP contribution in [0.2, 0.25) is 0 Å². The lowest BCUT2D eigenvalue weighted by atomic mass is 10.1. The van der Waals surface area contributed by atoms with Crippen LogP contribution < -0.4 is 5.32 Å². The Kier molecular flexibility index (Phi) is 5.10. The Morgan fingerprint density at radius 3 is 2.19 bits per heavy atom. The van der Waals surface area contributed by atoms with Crippen molar-refractivity contribution in [1.82, 2.24) is 9.88 Å². The maximum Gasteiger partial charge on any atom is 0.234 e. The number of hydrogen-bond donors (Lipinski definition) is 1. The third-order valence-electron chi connectivity index (χ3n) is 8.24. The van der Waals surface area contributed by atoms with Gasteiger partial charge in [0.25, 0.3) is 0 Å². The Balaban J connectivity index is 1.33. The molecule has 0 radical (unpaired) electrons. The van der Waals surface area contributed by atoms with Crippen molar-refractivity contribution >= 4 is 75.9 Å². The third kappa shape index (κ3) is 3.54. The third-order valence-corrected chi connectivity index (χ3v) is 9.46. The van der Waals surface area contributed by atoms with Crippen LogP contribution >= 0.6 is 11.3 Å². The summed E-state index contributed by atoms with van der Waals surface area (Å²) < 4.78 is 4.74. The molecule has 1 aliphatic rings. The second-order valence-electron chi connectivity index (χ2n) is 10.7. The summed E-state index contributed by atoms with van der Waals surface area (Å²) in [5.41, 5.74) is 4.38. The van der Waals surface area contributed by atoms with Crippen LogP contribution in [0, 0.1) is 0 Å². The van der Waals surface area contributed by atoms with Gasteiger partial charge in [0.2, 0.25) is 5.96 Å². The lowest BCUT2D eigenvalue weighted by molar-refractivity contribution is 0.669. The number of rotatable bonds is 2. The first-order valence-electron chi connectivity index (χ1n) is 14.1. The normalized spacial score (nSPS) is 15.4. The van der Waals surface area contributed by atoms with Crippen LogP contribution in [0.4, 0.5) is 0 Å². The summed E-state index contributed by atoms with van der Waals surface area (Å²) in [6.45, 7) is 0. The van der Waals surface area contributed by atoms with E-state index in [-0.39, 0.29) is 6.17 Å². The van der Waals surface area contributed by atoms with Gasteiger partial charge in [-0.3, -0.25) is 4.57 Å². The largest absolute Gasteiger partial charge is 0.344 e. The van der Waals surface area contributed by atoms with Crippen molar-refractivity contribution in [3.63, 3.8) is 0 Å². The van der Waals surface area contributed by atoms with E-state index in [1.165, 1.54) is 41.7 Å². The van der Waals surface area contributed by atoms with Crippen molar-refractivity contribution in [2.45, 2.75) is 6.17 Å². The van der Waals surface area contributed by atoms with Gasteiger partial charge >= 0.3 is 0 Å². The van der Waals surface area contributed by atoms with E-state index < -0.39 is 0 Å². The lowest BCUT2D eigenvalue weighted by Gasteiger charge is -2.24. The zero-order valence-corrected chi connectivity index (χ0v) is 23.3. The predicted octanol–water partition coefficient (Wildman–Crippen LogP) is 9.27. The number of thiophene rings is 1. The highest BCUT2D eigenvalue weighted by Crippen LogP contribution is 2.37. The van der Waals surface area contributed by atoms with E-state index in [1.807, 2.05) is 17.4 Å². The first-order chi connectivity index (χ1) is 20.8. The van der Waals surface area contributed by atoms with E-state index in [9.17, 15) is 0 Å². The topological polar surface area (TPSA) is 41.7 Å². The van der Waals surface area contributed by atoms with E-state index in [2.05, 4.69) is 137 Å². The SMILES string of the molecule is c1ccc(C2N=C(n3c4ccccc4c4cc5ccccc5cc43)N=C(c3cccc4c3sc3ccccc34)N2)cc1. The molecule has 6 aromatic carbocycles. The van der Waals surface area contributed by atoms with Gasteiger partial charge in [-0.1, -0.05) is 103 Å². The number of hydrogen-bond acceptors (Lipinski definition) is 4. The number of para-hydroxylation sites is 1. The fraction of sp³-hybridized carbons (Fsp3) is 0.0270. The van der Waals surface area contributed by atoms with E-state index in [1.54, 1.807) is 0 Å². The van der Waals surface area contributed by atoms with Gasteiger partial charge in [-0.05, 0) is 46.7 Å². The minimum atomic E-state index is -0.282. The van der Waals surface area contributed by atoms with Crippen molar-refractivity contribution in [2.75, 3.05) is 0 Å². The fourth-order valence-corrected chi connectivity index (χ4v) is 7.50. The molecule has 0 amide bonds. The summed E-state index contributed by atoms with van der Waals surface area (Å²) in [5, 5.41) is 11.0. The molecule has 1 aliphatic heterocycles. The van der Waals surface area contributed by atoms with Gasteiger partial charge in [0.1, 0.15) is 12.0 Å². The Hall–Kier alpha value is -5.26. The average Bonchev–Trinajstić information content (AvgIpc) is 3.59. The number of benzene rings is 6. The maximum atomic E-state index is 5.30. The monoisotopic (exact) mass is 556 g/mol. The molecule has 0 spiro atoms. The first-order valence-corrected chi connectivity index (χ1v) is 14.9. The summed E-state index contributed by atoms with van der Waals surface area (Å²) in [6.07, 6.45) is -0.282. The summed E-state index contributed by atoms with van der Waals surface area (Å²) in [6, 6.07) is 47.2. The highest BCUT2D eigenvalue weighted by Gasteiger charge is 2.25. The van der Waals surface area contributed by atoms with Crippen molar-refractivity contribution in [3.8, 4) is 0 Å². The molecule has 1 unspecified atom stereocenters. The van der Waals surface area contributed by atoms with Crippen molar-refractivity contribution < 1.29 is 0 Å². The zero-order chi connectivity index (χ0) is 27.6. The standard InChI is InChI=1S/C37H24N4S/c1-2-11-23(12-3-1)35-38-36(29-18-10-17-28-27-16-7-9-20-33(27)42-34(28)29)40-37(39-35)41-31-19-8-6-15-26(31)30-21-24-13-4-5-14-25(24)22-32(30)41/h1-22,35H,(H,38,39,40). The highest BCUT2D eigenvalue weighted by atomic mass is 32.1. The minimum absolute atomic E-state index is 0.282. The highest BCUT2D eigenvalue weighted by molar-refractivity contribution is 7.26. The van der Waals surface area contributed by atoms with Crippen LogP contribution in [0.25, 0.3) is 52.8 Å². The summed E-state index contributed by atoms with van der Waals surface area (Å²) in [4.78, 5) is 10.6. The van der Waals surface area contributed by atoms with Gasteiger partial charge < -0.3 is 5.32 Å². The second-order valence-corrected chi connectivity index (χ2v) is 11.7. The summed E-state index contributed by atoms with van der Waals surface area (Å²) in [5.74, 6) is 1.51. The molecule has 0 aliphatic carbocycles. The van der Waals surface area contributed by atoms with Crippen molar-refractivity contribution in [1.29, 1.82) is 0 Å². The molecule has 1 atom stereocenters. The molecule has 42 heavy (non-hydrogen) atoms. The molecule has 0 bridgehead atoms. The average molecular weight is 557 g/mol. The van der Waals surface area contributed by atoms with Crippen LogP contribution in [0.1, 0.15) is 17.3 Å². The van der Waals surface area contributed by atoms with E-state index in [4.69, 9.17) is 9.98 Å². The van der Waals surface area contributed by atoms with Gasteiger partial charge in [-0.25, -0.2) is 4.99 Å². The van der Waals surface area contributed by atoms with Crippen LogP contribution in [0.15, 0.2) is 143 Å². The number of fused-ring (bicyclic) bond motifs is 7. The second kappa shape index (κ2) is 9.13. The molecule has 9 rings (SSSR count). The van der Waals surface area contributed by atoms with Gasteiger partial charge in [0, 0.05) is 36.5 Å². The van der Waals surface area contributed by atoms with Crippen LogP contribution in [0.3, 0.4) is 0 Å². The quantitative estimate of drug-likeness (QED) is 0.227. The fourth-order valence-electron chi connectivity index (χ4n) is 6.28. The molecule has 8 aromatic rings. The van der Waals surface area contributed by atoms with Gasteiger partial charge in [-0.2, -0.15) is 4.99 Å². The van der Waals surface area contributed by atoms with Crippen LogP contribution in [-0.4, -0.2) is 16.4 Å². The number of nitrogens with zero attached hydrogens (tertiary/aromatic N) is 3. The molecule has 3 heterocycles. The molecular weight excluding hydrogens is 533 g/mol. The Labute approximate surface area is 245 Å². The van der Waals surface area contributed by atoms with E-state index >= 15 is 0 Å². The number of nitrogens with one attached hydrogen (secondary N) is 1.